The van der Waals surface area contributed by atoms with Crippen LogP contribution in [0.25, 0.3) is 0 Å². The van der Waals surface area contributed by atoms with Crippen molar-refractivity contribution in [2.75, 3.05) is 13.7 Å². The predicted molar refractivity (Wildman–Crippen MR) is 79.5 cm³/mol. The summed E-state index contributed by atoms with van der Waals surface area (Å²) in [6.45, 7) is 7.21. The predicted octanol–water partition coefficient (Wildman–Crippen LogP) is 3.14. The molecule has 1 aromatic carbocycles. The van der Waals surface area contributed by atoms with Gasteiger partial charge in [0.15, 0.2) is 0 Å². The van der Waals surface area contributed by atoms with Crippen LogP contribution >= 0.6 is 0 Å². The van der Waals surface area contributed by atoms with Crippen LogP contribution in [0.5, 0.6) is 5.75 Å². The van der Waals surface area contributed by atoms with Crippen molar-refractivity contribution < 1.29 is 9.84 Å². The second kappa shape index (κ2) is 8.18. The zero-order chi connectivity index (χ0) is 14.3. The van der Waals surface area contributed by atoms with Crippen LogP contribution in [0, 0.1) is 5.92 Å². The molecule has 2 N–H and O–H groups in total. The van der Waals surface area contributed by atoms with Crippen LogP contribution in [0.15, 0.2) is 24.3 Å². The van der Waals surface area contributed by atoms with Gasteiger partial charge in [0.2, 0.25) is 0 Å². The van der Waals surface area contributed by atoms with Crippen LogP contribution in [0.2, 0.25) is 0 Å². The Morgan fingerprint density at radius 1 is 1.16 bits per heavy atom. The highest BCUT2D eigenvalue weighted by atomic mass is 16.5. The summed E-state index contributed by atoms with van der Waals surface area (Å²) in [6.07, 6.45) is 1.87. The SMILES string of the molecule is CCC(CC)C(C)NCC(O)c1ccc(OC)cc1. The third-order valence-corrected chi connectivity index (χ3v) is 3.89. The fraction of sp³-hybridized carbons (Fsp3) is 0.625. The number of aliphatic hydroxyl groups is 1. The number of hydrogen-bond acceptors (Lipinski definition) is 3. The standard InChI is InChI=1S/C16H27NO2/c1-5-13(6-2)12(3)17-11-16(18)14-7-9-15(19-4)10-8-14/h7-10,12-13,16-18H,5-6,11H2,1-4H3. The Morgan fingerprint density at radius 2 is 1.74 bits per heavy atom. The zero-order valence-corrected chi connectivity index (χ0v) is 12.5. The lowest BCUT2D eigenvalue weighted by Crippen LogP contribution is -2.35. The van der Waals surface area contributed by atoms with Gasteiger partial charge >= 0.3 is 0 Å². The minimum Gasteiger partial charge on any atom is -0.497 e. The summed E-state index contributed by atoms with van der Waals surface area (Å²) >= 11 is 0. The highest BCUT2D eigenvalue weighted by molar-refractivity contribution is 5.28. The molecule has 3 heteroatoms. The van der Waals surface area contributed by atoms with Crippen molar-refractivity contribution in [1.82, 2.24) is 5.32 Å². The fourth-order valence-corrected chi connectivity index (χ4v) is 2.40. The smallest absolute Gasteiger partial charge is 0.118 e. The maximum Gasteiger partial charge on any atom is 0.118 e. The molecule has 0 aromatic heterocycles. The van der Waals surface area contributed by atoms with E-state index in [1.807, 2.05) is 24.3 Å². The van der Waals surface area contributed by atoms with Gasteiger partial charge in [-0.25, -0.2) is 0 Å². The summed E-state index contributed by atoms with van der Waals surface area (Å²) in [6, 6.07) is 8.01. The molecule has 0 fully saturated rings. The van der Waals surface area contributed by atoms with Crippen LogP contribution in [0.1, 0.15) is 45.3 Å². The van der Waals surface area contributed by atoms with Gasteiger partial charge in [0.25, 0.3) is 0 Å². The van der Waals surface area contributed by atoms with E-state index in [9.17, 15) is 5.11 Å². The second-order valence-corrected chi connectivity index (χ2v) is 5.06. The normalized spacial score (nSPS) is 14.4. The van der Waals surface area contributed by atoms with Gasteiger partial charge in [0, 0.05) is 12.6 Å². The lowest BCUT2D eigenvalue weighted by Gasteiger charge is -2.24. The highest BCUT2D eigenvalue weighted by Crippen LogP contribution is 2.18. The average Bonchev–Trinajstić information content (AvgIpc) is 2.46. The fourth-order valence-electron chi connectivity index (χ4n) is 2.40. The Balaban J connectivity index is 2.47. The molecule has 0 amide bonds. The molecule has 0 bridgehead atoms. The van der Waals surface area contributed by atoms with Crippen molar-refractivity contribution >= 4 is 0 Å². The number of hydrogen-bond donors (Lipinski definition) is 2. The Bertz CT molecular complexity index is 346. The number of methoxy groups -OCH3 is 1. The molecule has 0 saturated carbocycles. The van der Waals surface area contributed by atoms with E-state index in [1.54, 1.807) is 7.11 Å². The van der Waals surface area contributed by atoms with E-state index in [0.29, 0.717) is 18.5 Å². The van der Waals surface area contributed by atoms with Crippen LogP contribution in [-0.2, 0) is 0 Å². The minimum atomic E-state index is -0.470. The molecule has 0 aliphatic rings. The number of nitrogens with one attached hydrogen (secondary N) is 1. The highest BCUT2D eigenvalue weighted by Gasteiger charge is 2.15. The number of aliphatic hydroxyl groups excluding tert-OH is 1. The molecule has 0 heterocycles. The third kappa shape index (κ3) is 4.84. The Kier molecular flexibility index (Phi) is 6.89. The topological polar surface area (TPSA) is 41.5 Å². The van der Waals surface area contributed by atoms with Crippen molar-refractivity contribution in [1.29, 1.82) is 0 Å². The van der Waals surface area contributed by atoms with Gasteiger partial charge in [-0.2, -0.15) is 0 Å². The molecule has 0 saturated heterocycles. The van der Waals surface area contributed by atoms with Crippen molar-refractivity contribution in [3.8, 4) is 5.75 Å². The zero-order valence-electron chi connectivity index (χ0n) is 12.5. The molecule has 19 heavy (non-hydrogen) atoms. The Morgan fingerprint density at radius 3 is 2.21 bits per heavy atom. The van der Waals surface area contributed by atoms with Crippen LogP contribution in [-0.4, -0.2) is 24.8 Å². The van der Waals surface area contributed by atoms with Crippen LogP contribution in [0.4, 0.5) is 0 Å². The number of benzene rings is 1. The van der Waals surface area contributed by atoms with Crippen LogP contribution in [0.3, 0.4) is 0 Å². The first kappa shape index (κ1) is 16.0. The van der Waals surface area contributed by atoms with Gasteiger partial charge in [0.05, 0.1) is 13.2 Å². The minimum absolute atomic E-state index is 0.433. The first-order valence-corrected chi connectivity index (χ1v) is 7.17. The summed E-state index contributed by atoms with van der Waals surface area (Å²) in [4.78, 5) is 0. The maximum atomic E-state index is 10.2. The number of rotatable bonds is 8. The summed E-state index contributed by atoms with van der Waals surface area (Å²) in [7, 11) is 1.64. The first-order valence-electron chi connectivity index (χ1n) is 7.17. The van der Waals surface area contributed by atoms with E-state index in [-0.39, 0.29) is 0 Å². The quantitative estimate of drug-likeness (QED) is 0.758. The van der Waals surface area contributed by atoms with E-state index in [2.05, 4.69) is 26.1 Å². The first-order chi connectivity index (χ1) is 9.12. The van der Waals surface area contributed by atoms with E-state index in [1.165, 1.54) is 12.8 Å². The summed E-state index contributed by atoms with van der Waals surface area (Å²) in [5.74, 6) is 1.48. The van der Waals surface area contributed by atoms with E-state index < -0.39 is 6.10 Å². The Hall–Kier alpha value is -1.06. The molecule has 2 unspecified atom stereocenters. The molecule has 108 valence electrons. The molecule has 2 atom stereocenters. The van der Waals surface area contributed by atoms with Gasteiger partial charge in [-0.1, -0.05) is 38.8 Å². The average molecular weight is 265 g/mol. The molecule has 1 rings (SSSR count). The summed E-state index contributed by atoms with van der Waals surface area (Å²) in [5.41, 5.74) is 0.921. The van der Waals surface area contributed by atoms with Crippen LogP contribution < -0.4 is 10.1 Å². The molecule has 0 aliphatic heterocycles. The molecule has 0 spiro atoms. The molecule has 3 nitrogen and oxygen atoms in total. The largest absolute Gasteiger partial charge is 0.497 e. The van der Waals surface area contributed by atoms with Crippen molar-refractivity contribution in [3.63, 3.8) is 0 Å². The molecule has 0 aliphatic carbocycles. The third-order valence-electron chi connectivity index (χ3n) is 3.89. The molecular formula is C16H27NO2. The monoisotopic (exact) mass is 265 g/mol. The maximum absolute atomic E-state index is 10.2. The van der Waals surface area contributed by atoms with Gasteiger partial charge in [0.1, 0.15) is 5.75 Å². The van der Waals surface area contributed by atoms with Gasteiger partial charge in [-0.3, -0.25) is 0 Å². The van der Waals surface area contributed by atoms with E-state index in [4.69, 9.17) is 4.74 Å². The summed E-state index contributed by atoms with van der Waals surface area (Å²) < 4.78 is 5.11. The van der Waals surface area contributed by atoms with Gasteiger partial charge < -0.3 is 15.2 Å². The molecule has 0 radical (unpaired) electrons. The van der Waals surface area contributed by atoms with E-state index >= 15 is 0 Å². The molecule has 1 aromatic rings. The number of ether oxygens (including phenoxy) is 1. The van der Waals surface area contributed by atoms with Gasteiger partial charge in [-0.05, 0) is 30.5 Å². The lowest BCUT2D eigenvalue weighted by atomic mass is 9.95. The van der Waals surface area contributed by atoms with E-state index in [0.717, 1.165) is 11.3 Å². The Labute approximate surface area is 117 Å². The van der Waals surface area contributed by atoms with Crippen molar-refractivity contribution in [3.05, 3.63) is 29.8 Å². The van der Waals surface area contributed by atoms with Crippen molar-refractivity contribution in [2.45, 2.75) is 45.8 Å². The summed E-state index contributed by atoms with van der Waals surface area (Å²) in [5, 5.41) is 13.6. The van der Waals surface area contributed by atoms with Crippen molar-refractivity contribution in [2.24, 2.45) is 5.92 Å². The molecular weight excluding hydrogens is 238 g/mol. The van der Waals surface area contributed by atoms with Gasteiger partial charge in [-0.15, -0.1) is 0 Å². The lowest BCUT2D eigenvalue weighted by molar-refractivity contribution is 0.164. The second-order valence-electron chi connectivity index (χ2n) is 5.06.